The highest BCUT2D eigenvalue weighted by atomic mass is 35.5. The van der Waals surface area contributed by atoms with Crippen molar-refractivity contribution >= 4 is 57.1 Å². The molecule has 162 valence electrons. The summed E-state index contributed by atoms with van der Waals surface area (Å²) in [5.74, 6) is -1.37. The smallest absolute Gasteiger partial charge is 0.344 e. The highest BCUT2D eigenvalue weighted by Gasteiger charge is 2.23. The molecule has 3 aromatic rings. The first-order valence-corrected chi connectivity index (χ1v) is 11.3. The molecule has 2 aromatic heterocycles. The summed E-state index contributed by atoms with van der Waals surface area (Å²) in [6.45, 7) is 1.04. The van der Waals surface area contributed by atoms with Crippen LogP contribution in [0.5, 0.6) is 5.75 Å². The van der Waals surface area contributed by atoms with E-state index in [2.05, 4.69) is 5.32 Å². The Morgan fingerprint density at radius 1 is 1.03 bits per heavy atom. The molecule has 0 saturated carbocycles. The highest BCUT2D eigenvalue weighted by molar-refractivity contribution is 7.17. The van der Waals surface area contributed by atoms with Gasteiger partial charge in [0.1, 0.15) is 16.3 Å². The van der Waals surface area contributed by atoms with E-state index in [-0.39, 0.29) is 18.8 Å². The predicted molar refractivity (Wildman–Crippen MR) is 120 cm³/mol. The van der Waals surface area contributed by atoms with Crippen LogP contribution in [0.3, 0.4) is 0 Å². The lowest BCUT2D eigenvalue weighted by Gasteiger charge is -2.09. The number of hydrogen-bond donors (Lipinski definition) is 1. The summed E-state index contributed by atoms with van der Waals surface area (Å²) in [6, 6.07) is 10.2. The summed E-state index contributed by atoms with van der Waals surface area (Å²) in [5.41, 5.74) is 0.960. The van der Waals surface area contributed by atoms with Gasteiger partial charge in [-0.05, 0) is 42.6 Å². The second-order valence-corrected chi connectivity index (χ2v) is 8.27. The average Bonchev–Trinajstić information content (AvgIpc) is 3.42. The molecule has 0 aliphatic heterocycles. The molecule has 0 spiro atoms. The monoisotopic (exact) mass is 479 g/mol. The Hall–Kier alpha value is -2.88. The first kappa shape index (κ1) is 22.8. The Morgan fingerprint density at radius 3 is 2.48 bits per heavy atom. The van der Waals surface area contributed by atoms with E-state index < -0.39 is 24.5 Å². The molecule has 0 aliphatic carbocycles. The van der Waals surface area contributed by atoms with Crippen LogP contribution >= 0.6 is 34.3 Å². The Morgan fingerprint density at radius 2 is 1.81 bits per heavy atom. The van der Waals surface area contributed by atoms with E-state index in [1.54, 1.807) is 36.6 Å². The van der Waals surface area contributed by atoms with Gasteiger partial charge in [0.05, 0.1) is 6.61 Å². The van der Waals surface area contributed by atoms with Gasteiger partial charge in [0.2, 0.25) is 0 Å². The summed E-state index contributed by atoms with van der Waals surface area (Å²) < 4.78 is 15.3. The number of anilines is 1. The zero-order chi connectivity index (χ0) is 22.2. The molecule has 0 bridgehead atoms. The number of carbonyl (C=O) groups excluding carboxylic acids is 3. The third-order valence-electron chi connectivity index (χ3n) is 3.84. The van der Waals surface area contributed by atoms with Gasteiger partial charge < -0.3 is 19.5 Å². The van der Waals surface area contributed by atoms with Crippen molar-refractivity contribution in [1.82, 2.24) is 0 Å². The Labute approximate surface area is 191 Å². The van der Waals surface area contributed by atoms with Crippen molar-refractivity contribution in [2.24, 2.45) is 0 Å². The van der Waals surface area contributed by atoms with Crippen molar-refractivity contribution in [1.29, 1.82) is 0 Å². The summed E-state index contributed by atoms with van der Waals surface area (Å²) in [6.07, 6.45) is 0. The van der Waals surface area contributed by atoms with Crippen LogP contribution in [0, 0.1) is 0 Å². The van der Waals surface area contributed by atoms with Crippen molar-refractivity contribution in [3.05, 3.63) is 57.7 Å². The van der Waals surface area contributed by atoms with Crippen LogP contribution in [-0.2, 0) is 19.1 Å². The average molecular weight is 480 g/mol. The zero-order valence-corrected chi connectivity index (χ0v) is 18.8. The molecular weight excluding hydrogens is 462 g/mol. The first-order valence-electron chi connectivity index (χ1n) is 9.14. The maximum absolute atomic E-state index is 12.5. The maximum atomic E-state index is 12.5. The maximum Gasteiger partial charge on any atom is 0.344 e. The van der Waals surface area contributed by atoms with Crippen LogP contribution in [0.4, 0.5) is 5.00 Å². The minimum absolute atomic E-state index is 0.206. The molecule has 7 nitrogen and oxygen atoms in total. The fourth-order valence-electron chi connectivity index (χ4n) is 2.49. The molecule has 1 amide bonds. The number of halogens is 1. The Balaban J connectivity index is 1.57. The highest BCUT2D eigenvalue weighted by Crippen LogP contribution is 2.38. The molecule has 0 atom stereocenters. The van der Waals surface area contributed by atoms with E-state index in [1.807, 2.05) is 17.5 Å². The van der Waals surface area contributed by atoms with Crippen LogP contribution in [0.15, 0.2) is 47.2 Å². The molecule has 0 unspecified atom stereocenters. The molecule has 0 radical (unpaired) electrons. The molecular formula is C21H18ClNO6S2. The third kappa shape index (κ3) is 6.30. The molecule has 10 heteroatoms. The van der Waals surface area contributed by atoms with Crippen molar-refractivity contribution in [3.63, 3.8) is 0 Å². The molecule has 2 heterocycles. The lowest BCUT2D eigenvalue weighted by molar-refractivity contribution is -0.149. The fraction of sp³-hybridized carbons (Fsp3) is 0.190. The van der Waals surface area contributed by atoms with E-state index in [4.69, 9.17) is 25.8 Å². The van der Waals surface area contributed by atoms with Gasteiger partial charge >= 0.3 is 11.9 Å². The quantitative estimate of drug-likeness (QED) is 0.440. The van der Waals surface area contributed by atoms with Crippen LogP contribution in [0.2, 0.25) is 5.02 Å². The molecule has 0 saturated heterocycles. The summed E-state index contributed by atoms with van der Waals surface area (Å²) in [7, 11) is 0. The standard InChI is InChI=1S/C21H18ClNO6S2/c1-2-27-21(26)19-15(16-4-3-9-30-16)12-31-20(19)23-17(24)10-29-18(25)11-28-14-7-5-13(22)6-8-14/h3-9,12H,2,10-11H2,1H3,(H,23,24). The molecule has 31 heavy (non-hydrogen) atoms. The molecule has 1 aromatic carbocycles. The van der Waals surface area contributed by atoms with Crippen molar-refractivity contribution < 1.29 is 28.6 Å². The van der Waals surface area contributed by atoms with Gasteiger partial charge in [-0.25, -0.2) is 9.59 Å². The number of esters is 2. The molecule has 0 aliphatic rings. The van der Waals surface area contributed by atoms with E-state index >= 15 is 0 Å². The summed E-state index contributed by atoms with van der Waals surface area (Å²) >= 11 is 8.45. The topological polar surface area (TPSA) is 90.9 Å². The first-order chi connectivity index (χ1) is 15.0. The van der Waals surface area contributed by atoms with Gasteiger partial charge in [0.15, 0.2) is 13.2 Å². The van der Waals surface area contributed by atoms with Crippen LogP contribution < -0.4 is 10.1 Å². The van der Waals surface area contributed by atoms with E-state index in [9.17, 15) is 14.4 Å². The second kappa shape index (κ2) is 10.9. The number of ether oxygens (including phenoxy) is 3. The number of thiophene rings is 2. The number of nitrogens with one attached hydrogen (secondary N) is 1. The molecule has 0 fully saturated rings. The van der Waals surface area contributed by atoms with Gasteiger partial charge in [-0.3, -0.25) is 4.79 Å². The third-order valence-corrected chi connectivity index (χ3v) is 5.90. The van der Waals surface area contributed by atoms with Gasteiger partial charge in [-0.2, -0.15) is 0 Å². The lowest BCUT2D eigenvalue weighted by Crippen LogP contribution is -2.24. The van der Waals surface area contributed by atoms with Gasteiger partial charge in [-0.15, -0.1) is 22.7 Å². The SMILES string of the molecule is CCOC(=O)c1c(-c2cccs2)csc1NC(=O)COC(=O)COc1ccc(Cl)cc1. The van der Waals surface area contributed by atoms with Crippen LogP contribution in [-0.4, -0.2) is 37.7 Å². The van der Waals surface area contributed by atoms with Crippen molar-refractivity contribution in [2.75, 3.05) is 25.1 Å². The molecule has 1 N–H and O–H groups in total. The number of carbonyl (C=O) groups is 3. The Bertz CT molecular complexity index is 1050. The number of amides is 1. The molecule has 3 rings (SSSR count). The fourth-order valence-corrected chi connectivity index (χ4v) is 4.41. The summed E-state index contributed by atoms with van der Waals surface area (Å²) in [4.78, 5) is 37.4. The van der Waals surface area contributed by atoms with Crippen molar-refractivity contribution in [3.8, 4) is 16.2 Å². The zero-order valence-electron chi connectivity index (χ0n) is 16.4. The number of rotatable bonds is 9. The minimum Gasteiger partial charge on any atom is -0.482 e. The lowest BCUT2D eigenvalue weighted by atomic mass is 10.1. The van der Waals surface area contributed by atoms with Gasteiger partial charge in [0, 0.05) is 20.8 Å². The Kier molecular flexibility index (Phi) is 8.05. The minimum atomic E-state index is -0.707. The van der Waals surface area contributed by atoms with E-state index in [1.165, 1.54) is 22.7 Å². The predicted octanol–water partition coefficient (Wildman–Crippen LogP) is 4.87. The summed E-state index contributed by atoms with van der Waals surface area (Å²) in [5, 5.41) is 7.17. The van der Waals surface area contributed by atoms with Crippen LogP contribution in [0.1, 0.15) is 17.3 Å². The number of hydrogen-bond acceptors (Lipinski definition) is 8. The van der Waals surface area contributed by atoms with E-state index in [0.29, 0.717) is 21.3 Å². The van der Waals surface area contributed by atoms with Crippen molar-refractivity contribution in [2.45, 2.75) is 6.92 Å². The van der Waals surface area contributed by atoms with Crippen LogP contribution in [0.25, 0.3) is 10.4 Å². The largest absolute Gasteiger partial charge is 0.482 e. The van der Waals surface area contributed by atoms with Gasteiger partial charge in [0.25, 0.3) is 5.91 Å². The number of benzene rings is 1. The van der Waals surface area contributed by atoms with Gasteiger partial charge in [-0.1, -0.05) is 17.7 Å². The normalized spacial score (nSPS) is 10.4. The second-order valence-electron chi connectivity index (χ2n) is 6.00. The van der Waals surface area contributed by atoms with E-state index in [0.717, 1.165) is 4.88 Å².